The summed E-state index contributed by atoms with van der Waals surface area (Å²) in [6.07, 6.45) is 1.79. The lowest BCUT2D eigenvalue weighted by Crippen LogP contribution is -2.67. The molecule has 2 spiro atoms. The summed E-state index contributed by atoms with van der Waals surface area (Å²) in [4.78, 5) is 27.6. The highest BCUT2D eigenvalue weighted by Gasteiger charge is 2.99. The van der Waals surface area contributed by atoms with E-state index in [1.807, 2.05) is 0 Å². The van der Waals surface area contributed by atoms with Crippen LogP contribution in [-0.4, -0.2) is 97.4 Å². The number of epoxide rings is 3. The Bertz CT molecular complexity index is 1020. The number of fused-ring (bicyclic) bond motifs is 4. The summed E-state index contributed by atoms with van der Waals surface area (Å²) in [5.74, 6) is 0.275. The Balaban J connectivity index is 1.14. The van der Waals surface area contributed by atoms with Crippen molar-refractivity contribution in [1.29, 1.82) is 0 Å². The van der Waals surface area contributed by atoms with Gasteiger partial charge in [-0.1, -0.05) is 13.8 Å². The van der Waals surface area contributed by atoms with Crippen LogP contribution in [0.5, 0.6) is 0 Å². The predicted octanol–water partition coefficient (Wildman–Crippen LogP) is 0.169. The number of hydrogen-bond donors (Lipinski definition) is 1. The van der Waals surface area contributed by atoms with Gasteiger partial charge in [-0.15, -0.1) is 0 Å². The number of nitrogens with zero attached hydrogens (tertiary/aromatic N) is 1. The van der Waals surface area contributed by atoms with Gasteiger partial charge in [-0.2, -0.15) is 0 Å². The van der Waals surface area contributed by atoms with E-state index >= 15 is 0 Å². The molecule has 4 saturated heterocycles. The maximum atomic E-state index is 13.2. The van der Waals surface area contributed by atoms with Gasteiger partial charge < -0.3 is 29.0 Å². The van der Waals surface area contributed by atoms with Gasteiger partial charge >= 0.3 is 11.9 Å². The lowest BCUT2D eigenvalue weighted by Gasteiger charge is -2.47. The molecule has 9 nitrogen and oxygen atoms in total. The molecule has 8 aliphatic rings. The van der Waals surface area contributed by atoms with Crippen molar-refractivity contribution in [2.24, 2.45) is 17.8 Å². The number of esters is 2. The van der Waals surface area contributed by atoms with Crippen LogP contribution in [0.1, 0.15) is 33.1 Å². The minimum absolute atomic E-state index is 0.0315. The van der Waals surface area contributed by atoms with Crippen LogP contribution in [0.15, 0.2) is 11.1 Å². The van der Waals surface area contributed by atoms with Crippen molar-refractivity contribution in [3.8, 4) is 0 Å². The summed E-state index contributed by atoms with van der Waals surface area (Å²) in [6, 6.07) is 0. The van der Waals surface area contributed by atoms with Crippen LogP contribution in [0.3, 0.4) is 0 Å². The maximum absolute atomic E-state index is 13.2. The first-order valence-corrected chi connectivity index (χ1v) is 13.0. The van der Waals surface area contributed by atoms with Crippen molar-refractivity contribution < 1.29 is 33.3 Å². The summed E-state index contributed by atoms with van der Waals surface area (Å²) in [5, 5.41) is 3.33. The third kappa shape index (κ3) is 2.25. The van der Waals surface area contributed by atoms with Crippen molar-refractivity contribution >= 4 is 11.9 Å². The minimum atomic E-state index is -0.642. The number of ether oxygens (including phenoxy) is 5. The second-order valence-corrected chi connectivity index (χ2v) is 11.7. The Labute approximate surface area is 198 Å². The Kier molecular flexibility index (Phi) is 3.90. The van der Waals surface area contributed by atoms with Crippen LogP contribution in [0.4, 0.5) is 0 Å². The van der Waals surface area contributed by atoms with E-state index in [0.717, 1.165) is 56.6 Å². The zero-order chi connectivity index (χ0) is 23.0. The van der Waals surface area contributed by atoms with Crippen molar-refractivity contribution in [3.05, 3.63) is 11.1 Å². The molecule has 9 heteroatoms. The Morgan fingerprint density at radius 3 is 2.79 bits per heavy atom. The van der Waals surface area contributed by atoms with E-state index in [9.17, 15) is 9.59 Å². The van der Waals surface area contributed by atoms with Crippen LogP contribution >= 0.6 is 0 Å². The van der Waals surface area contributed by atoms with E-state index in [-0.39, 0.29) is 54.5 Å². The molecule has 9 atom stereocenters. The number of carbonyl (C=O) groups is 2. The monoisotopic (exact) mass is 472 g/mol. The van der Waals surface area contributed by atoms with E-state index in [4.69, 9.17) is 23.7 Å². The van der Waals surface area contributed by atoms with Gasteiger partial charge in [0.05, 0.1) is 12.6 Å². The lowest BCUT2D eigenvalue weighted by molar-refractivity contribution is -0.167. The van der Waals surface area contributed by atoms with Gasteiger partial charge in [0.25, 0.3) is 0 Å². The van der Waals surface area contributed by atoms with Crippen molar-refractivity contribution in [2.45, 2.75) is 74.3 Å². The number of nitrogens with one attached hydrogen (secondary N) is 1. The van der Waals surface area contributed by atoms with Crippen LogP contribution in [0.25, 0.3) is 0 Å². The molecule has 34 heavy (non-hydrogen) atoms. The van der Waals surface area contributed by atoms with Gasteiger partial charge in [-0.3, -0.25) is 9.69 Å². The molecule has 0 aromatic heterocycles. The largest absolute Gasteiger partial charge is 0.458 e. The molecule has 1 N–H and O–H groups in total. The summed E-state index contributed by atoms with van der Waals surface area (Å²) in [6.45, 7) is 8.44. The fourth-order valence-electron chi connectivity index (χ4n) is 8.60. The molecule has 0 aromatic rings. The maximum Gasteiger partial charge on any atom is 0.334 e. The molecule has 0 unspecified atom stereocenters. The third-order valence-corrected chi connectivity index (χ3v) is 10.2. The summed E-state index contributed by atoms with van der Waals surface area (Å²) in [5.41, 5.74) is 0.341. The van der Waals surface area contributed by atoms with Gasteiger partial charge in [0.15, 0.2) is 11.7 Å². The molecule has 3 aliphatic carbocycles. The Hall–Kier alpha value is -1.52. The van der Waals surface area contributed by atoms with E-state index in [1.165, 1.54) is 0 Å². The molecule has 5 heterocycles. The second-order valence-electron chi connectivity index (χ2n) is 11.7. The molecular weight excluding hydrogens is 440 g/mol. The molecule has 0 radical (unpaired) electrons. The number of piperazine rings is 1. The van der Waals surface area contributed by atoms with Crippen LogP contribution in [0, 0.1) is 17.8 Å². The fourth-order valence-corrected chi connectivity index (χ4v) is 8.60. The molecule has 8 rings (SSSR count). The number of carbonyl (C=O) groups excluding carboxylic acids is 2. The van der Waals surface area contributed by atoms with E-state index in [2.05, 4.69) is 24.1 Å². The summed E-state index contributed by atoms with van der Waals surface area (Å²) < 4.78 is 31.5. The second kappa shape index (κ2) is 6.42. The smallest absolute Gasteiger partial charge is 0.334 e. The first-order valence-electron chi connectivity index (χ1n) is 13.0. The Morgan fingerprint density at radius 2 is 2.00 bits per heavy atom. The first-order chi connectivity index (χ1) is 16.4. The number of hydrogen-bond acceptors (Lipinski definition) is 9. The minimum Gasteiger partial charge on any atom is -0.458 e. The lowest BCUT2D eigenvalue weighted by atomic mass is 9.53. The first kappa shape index (κ1) is 20.7. The molecule has 2 saturated carbocycles. The van der Waals surface area contributed by atoms with Crippen molar-refractivity contribution in [1.82, 2.24) is 10.2 Å². The summed E-state index contributed by atoms with van der Waals surface area (Å²) in [7, 11) is 0. The van der Waals surface area contributed by atoms with Crippen molar-refractivity contribution in [2.75, 3.05) is 39.3 Å². The van der Waals surface area contributed by atoms with Gasteiger partial charge in [0, 0.05) is 37.7 Å². The van der Waals surface area contributed by atoms with Crippen molar-refractivity contribution in [3.63, 3.8) is 0 Å². The quantitative estimate of drug-likeness (QED) is 0.453. The highest BCUT2D eigenvalue weighted by Crippen LogP contribution is 2.80. The highest BCUT2D eigenvalue weighted by molar-refractivity contribution is 5.92. The zero-order valence-electron chi connectivity index (χ0n) is 19.7. The standard InChI is InChI=1S/C25H32N2O7/c1-12(2)23-19(33-23)20-24(34-20)16-4-3-13-15(11-30-21(13)29)14(16)9-17-25(24,32-17)22(23)31-18(28)10-27-7-5-26-6-8-27/h12,14,16-17,19-20,22,26H,3-11H2,1-2H3/t14-,16-,17-,19-,20-,22+,23-,24-,25+/m0/s1. The van der Waals surface area contributed by atoms with Crippen LogP contribution in [-0.2, 0) is 33.3 Å². The SMILES string of the molecule is CC(C)[C@]12O[C@H]1[C@@H]1O[C@@]13[C@H]1CCC4=C(COC4=O)[C@@H]1C[C@@H]1O[C@@]13[C@@H]2OC(=O)CN1CCNCC1. The predicted molar refractivity (Wildman–Crippen MR) is 116 cm³/mol. The molecule has 0 aromatic carbocycles. The van der Waals surface area contributed by atoms with E-state index in [1.54, 1.807) is 0 Å². The molecule has 0 bridgehead atoms. The topological polar surface area (TPSA) is 105 Å². The molecular formula is C25H32N2O7. The fraction of sp³-hybridized carbons (Fsp3) is 0.840. The Morgan fingerprint density at radius 1 is 1.18 bits per heavy atom. The average molecular weight is 473 g/mol. The number of rotatable bonds is 4. The molecule has 6 fully saturated rings. The van der Waals surface area contributed by atoms with Gasteiger partial charge in [0.1, 0.15) is 30.0 Å². The third-order valence-electron chi connectivity index (χ3n) is 10.2. The van der Waals surface area contributed by atoms with E-state index in [0.29, 0.717) is 6.61 Å². The molecule has 5 aliphatic heterocycles. The number of cyclic esters (lactones) is 1. The average Bonchev–Trinajstić information content (AvgIpc) is 3.73. The molecule has 184 valence electrons. The van der Waals surface area contributed by atoms with Crippen LogP contribution < -0.4 is 5.32 Å². The zero-order valence-corrected chi connectivity index (χ0v) is 19.7. The highest BCUT2D eigenvalue weighted by atomic mass is 16.8. The summed E-state index contributed by atoms with van der Waals surface area (Å²) >= 11 is 0. The van der Waals surface area contributed by atoms with Gasteiger partial charge in [0.2, 0.25) is 0 Å². The van der Waals surface area contributed by atoms with Gasteiger partial charge in [-0.05, 0) is 36.7 Å². The normalized spacial score (nSPS) is 51.9. The molecule has 0 amide bonds. The van der Waals surface area contributed by atoms with Crippen LogP contribution in [0.2, 0.25) is 0 Å². The van der Waals surface area contributed by atoms with Gasteiger partial charge in [-0.25, -0.2) is 4.79 Å². The van der Waals surface area contributed by atoms with E-state index < -0.39 is 22.9 Å².